The number of amides is 2. The SMILES string of the molecule is O=C1[C@@H]2[C@@H](CC(COc3ccccc3)=C3[C@@H](CC/C(=C/c4ccc(O)cc4)c4ccccn4)OC[C@@H]32)C(=O)N1C1CCN(Cc2ccccc2)CC1. The number of fused-ring (bicyclic) bond motifs is 3. The van der Waals surface area contributed by atoms with Gasteiger partial charge in [-0.1, -0.05) is 66.7 Å². The van der Waals surface area contributed by atoms with E-state index in [0.29, 0.717) is 32.5 Å². The second kappa shape index (κ2) is 15.3. The summed E-state index contributed by atoms with van der Waals surface area (Å²) in [5.74, 6) is 0.00527. The number of aromatic hydroxyl groups is 1. The van der Waals surface area contributed by atoms with E-state index in [4.69, 9.17) is 9.47 Å². The number of imide groups is 1. The molecule has 8 nitrogen and oxygen atoms in total. The first-order chi connectivity index (χ1) is 25.5. The van der Waals surface area contributed by atoms with Crippen LogP contribution in [0.15, 0.2) is 120 Å². The highest BCUT2D eigenvalue weighted by Gasteiger charge is 2.58. The number of hydrogen-bond donors (Lipinski definition) is 1. The number of nitrogens with zero attached hydrogens (tertiary/aromatic N) is 3. The van der Waals surface area contributed by atoms with Crippen LogP contribution in [0, 0.1) is 17.8 Å². The number of carbonyl (C=O) groups is 2. The number of likely N-dealkylation sites (tertiary alicyclic amines) is 2. The number of benzene rings is 3. The van der Waals surface area contributed by atoms with Crippen LogP contribution in [-0.2, 0) is 20.9 Å². The van der Waals surface area contributed by atoms with Crippen molar-refractivity contribution in [3.8, 4) is 11.5 Å². The van der Waals surface area contributed by atoms with Crippen LogP contribution < -0.4 is 4.74 Å². The molecule has 4 heterocycles. The number of piperidine rings is 1. The minimum absolute atomic E-state index is 0.0207. The third-order valence-electron chi connectivity index (χ3n) is 11.3. The molecule has 4 aromatic rings. The van der Waals surface area contributed by atoms with Crippen LogP contribution in [0.5, 0.6) is 11.5 Å². The Morgan fingerprint density at radius 1 is 0.865 bits per heavy atom. The molecule has 3 saturated heterocycles. The Morgan fingerprint density at radius 2 is 1.60 bits per heavy atom. The van der Waals surface area contributed by atoms with Crippen molar-refractivity contribution in [1.82, 2.24) is 14.8 Å². The number of ether oxygens (including phenoxy) is 2. The maximum absolute atomic E-state index is 14.4. The van der Waals surface area contributed by atoms with E-state index in [1.165, 1.54) is 5.56 Å². The van der Waals surface area contributed by atoms with Gasteiger partial charge in [-0.05, 0) is 102 Å². The number of pyridine rings is 1. The van der Waals surface area contributed by atoms with Crippen molar-refractivity contribution >= 4 is 23.5 Å². The lowest BCUT2D eigenvalue weighted by molar-refractivity contribution is -0.144. The van der Waals surface area contributed by atoms with Gasteiger partial charge in [0.05, 0.1) is 30.2 Å². The minimum atomic E-state index is -0.405. The summed E-state index contributed by atoms with van der Waals surface area (Å²) < 4.78 is 12.9. The predicted octanol–water partition coefficient (Wildman–Crippen LogP) is 7.17. The van der Waals surface area contributed by atoms with Crippen molar-refractivity contribution < 1.29 is 24.2 Å². The van der Waals surface area contributed by atoms with Crippen molar-refractivity contribution in [1.29, 1.82) is 0 Å². The van der Waals surface area contributed by atoms with Crippen molar-refractivity contribution in [2.45, 2.75) is 50.8 Å². The maximum Gasteiger partial charge on any atom is 0.234 e. The molecule has 8 heteroatoms. The second-order valence-corrected chi connectivity index (χ2v) is 14.5. The van der Waals surface area contributed by atoms with Crippen LogP contribution in [0.2, 0.25) is 0 Å². The molecule has 4 aliphatic rings. The van der Waals surface area contributed by atoms with E-state index >= 15 is 0 Å². The zero-order valence-electron chi connectivity index (χ0n) is 29.3. The van der Waals surface area contributed by atoms with Crippen molar-refractivity contribution in [2.75, 3.05) is 26.3 Å². The van der Waals surface area contributed by atoms with E-state index in [0.717, 1.165) is 66.2 Å². The van der Waals surface area contributed by atoms with Gasteiger partial charge in [0.2, 0.25) is 11.8 Å². The van der Waals surface area contributed by atoms with Crippen LogP contribution in [0.4, 0.5) is 0 Å². The van der Waals surface area contributed by atoms with Crippen LogP contribution >= 0.6 is 0 Å². The molecular formula is C44H45N3O5. The zero-order chi connectivity index (χ0) is 35.4. The van der Waals surface area contributed by atoms with Crippen molar-refractivity contribution in [2.24, 2.45) is 17.8 Å². The number of carbonyl (C=O) groups excluding carboxylic acids is 2. The number of aromatic nitrogens is 1. The highest BCUT2D eigenvalue weighted by Crippen LogP contribution is 2.51. The standard InChI is InChI=1S/C44H45N3O5/c48-35-17-14-30(15-18-35)25-32(39-13-7-8-22-45-39)16-19-40-41-33(28-51-36-11-5-2-6-12-36)26-37-42(38(41)29-52-40)44(50)47(43(37)49)34-20-23-46(24-21-34)27-31-9-3-1-4-10-31/h1-15,17-18,22,25,34,37-38,40,42,48H,16,19-21,23-24,26-29H2/b32-25-/t37-,38+,40-,42-/m1/s1. The molecule has 0 saturated carbocycles. The Hall–Kier alpha value is -5.05. The molecule has 3 aromatic carbocycles. The number of rotatable bonds is 11. The molecule has 3 fully saturated rings. The summed E-state index contributed by atoms with van der Waals surface area (Å²) in [6, 6.07) is 33.2. The lowest BCUT2D eigenvalue weighted by Crippen LogP contribution is -2.47. The molecule has 2 amide bonds. The number of phenols is 1. The topological polar surface area (TPSA) is 92.2 Å². The van der Waals surface area contributed by atoms with E-state index < -0.39 is 11.8 Å². The van der Waals surface area contributed by atoms with Gasteiger partial charge in [-0.15, -0.1) is 0 Å². The van der Waals surface area contributed by atoms with E-state index in [1.807, 2.05) is 66.7 Å². The van der Waals surface area contributed by atoms with Crippen molar-refractivity contribution in [3.05, 3.63) is 137 Å². The highest BCUT2D eigenvalue weighted by molar-refractivity contribution is 6.06. The normalized spacial score (nSPS) is 23.9. The Balaban J connectivity index is 1.03. The summed E-state index contributed by atoms with van der Waals surface area (Å²) in [6.45, 7) is 3.37. The molecule has 0 unspecified atom stereocenters. The van der Waals surface area contributed by atoms with Gasteiger partial charge in [0.1, 0.15) is 18.1 Å². The lowest BCUT2D eigenvalue weighted by Gasteiger charge is -2.36. The average molecular weight is 696 g/mol. The van der Waals surface area contributed by atoms with E-state index in [-0.39, 0.29) is 35.6 Å². The first-order valence-corrected chi connectivity index (χ1v) is 18.6. The largest absolute Gasteiger partial charge is 0.508 e. The van der Waals surface area contributed by atoms with E-state index in [1.54, 1.807) is 23.2 Å². The maximum atomic E-state index is 14.4. The third kappa shape index (κ3) is 7.18. The molecule has 1 N–H and O–H groups in total. The van der Waals surface area contributed by atoms with Gasteiger partial charge in [0, 0.05) is 37.8 Å². The van der Waals surface area contributed by atoms with E-state index in [2.05, 4.69) is 40.2 Å². The molecule has 0 radical (unpaired) electrons. The summed E-state index contributed by atoms with van der Waals surface area (Å²) in [7, 11) is 0. The van der Waals surface area contributed by atoms with Crippen LogP contribution in [0.25, 0.3) is 11.6 Å². The molecule has 3 aliphatic heterocycles. The summed E-state index contributed by atoms with van der Waals surface area (Å²) in [4.78, 5) is 37.4. The first kappa shape index (κ1) is 34.1. The highest BCUT2D eigenvalue weighted by atomic mass is 16.5. The molecule has 0 bridgehead atoms. The molecule has 8 rings (SSSR count). The summed E-state index contributed by atoms with van der Waals surface area (Å²) in [6.07, 6.45) is 7.19. The number of para-hydroxylation sites is 1. The van der Waals surface area contributed by atoms with Crippen LogP contribution in [0.1, 0.15) is 48.9 Å². The smallest absolute Gasteiger partial charge is 0.234 e. The molecule has 1 aliphatic carbocycles. The van der Waals surface area contributed by atoms with Gasteiger partial charge < -0.3 is 14.6 Å². The molecule has 266 valence electrons. The van der Waals surface area contributed by atoms with Gasteiger partial charge in [0.15, 0.2) is 0 Å². The van der Waals surface area contributed by atoms with Crippen molar-refractivity contribution in [3.63, 3.8) is 0 Å². The monoisotopic (exact) mass is 695 g/mol. The fraction of sp³-hybridized carbons (Fsp3) is 0.341. The molecule has 0 spiro atoms. The first-order valence-electron chi connectivity index (χ1n) is 18.6. The molecule has 4 atom stereocenters. The van der Waals surface area contributed by atoms with E-state index in [9.17, 15) is 14.7 Å². The summed E-state index contributed by atoms with van der Waals surface area (Å²) in [5.41, 5.74) is 6.43. The number of allylic oxidation sites excluding steroid dienone is 1. The fourth-order valence-corrected chi connectivity index (χ4v) is 8.74. The average Bonchev–Trinajstić information content (AvgIpc) is 3.72. The van der Waals surface area contributed by atoms with Crippen LogP contribution in [-0.4, -0.2) is 70.2 Å². The van der Waals surface area contributed by atoms with Gasteiger partial charge >= 0.3 is 0 Å². The summed E-state index contributed by atoms with van der Waals surface area (Å²) >= 11 is 0. The Morgan fingerprint density at radius 3 is 2.33 bits per heavy atom. The number of hydrogen-bond acceptors (Lipinski definition) is 7. The predicted molar refractivity (Wildman–Crippen MR) is 200 cm³/mol. The number of phenolic OH excluding ortho intramolecular Hbond substituents is 1. The van der Waals surface area contributed by atoms with Gasteiger partial charge in [-0.2, -0.15) is 0 Å². The molecule has 1 aromatic heterocycles. The quantitative estimate of drug-likeness (QED) is 0.131. The Bertz CT molecular complexity index is 1920. The van der Waals surface area contributed by atoms with Crippen LogP contribution in [0.3, 0.4) is 0 Å². The zero-order valence-corrected chi connectivity index (χ0v) is 29.3. The fourth-order valence-electron chi connectivity index (χ4n) is 8.74. The molecular weight excluding hydrogens is 650 g/mol. The summed E-state index contributed by atoms with van der Waals surface area (Å²) in [5, 5.41) is 9.84. The minimum Gasteiger partial charge on any atom is -0.508 e. The third-order valence-corrected chi connectivity index (χ3v) is 11.3. The van der Waals surface area contributed by atoms with Gasteiger partial charge in [-0.25, -0.2) is 0 Å². The lowest BCUT2D eigenvalue weighted by atomic mass is 9.69. The van der Waals surface area contributed by atoms with Gasteiger partial charge in [-0.3, -0.25) is 24.4 Å². The van der Waals surface area contributed by atoms with Gasteiger partial charge in [0.25, 0.3) is 0 Å². The second-order valence-electron chi connectivity index (χ2n) is 14.5. The molecule has 52 heavy (non-hydrogen) atoms. The Labute approximate surface area is 305 Å². The Kier molecular flexibility index (Phi) is 10.0.